The second-order valence-electron chi connectivity index (χ2n) is 5.72. The lowest BCUT2D eigenvalue weighted by molar-refractivity contribution is -0.137. The number of carboxylic acids is 1. The first-order valence-electron chi connectivity index (χ1n) is 8.88. The Morgan fingerprint density at radius 2 is 1.48 bits per heavy atom. The molecular formula is C20H32O3. The van der Waals surface area contributed by atoms with E-state index in [0.717, 1.165) is 25.7 Å². The highest BCUT2D eigenvalue weighted by Gasteiger charge is 1.94. The van der Waals surface area contributed by atoms with Crippen LogP contribution in [-0.2, 0) is 9.59 Å². The molecule has 0 heterocycles. The topological polar surface area (TPSA) is 54.4 Å². The number of hydrogen-bond acceptors (Lipinski definition) is 2. The second kappa shape index (κ2) is 16.7. The maximum absolute atomic E-state index is 11.6. The zero-order valence-corrected chi connectivity index (χ0v) is 14.5. The molecule has 0 saturated carbocycles. The highest BCUT2D eigenvalue weighted by Crippen LogP contribution is 2.04. The van der Waals surface area contributed by atoms with Crippen LogP contribution >= 0.6 is 0 Å². The van der Waals surface area contributed by atoms with Crippen molar-refractivity contribution in [2.24, 2.45) is 0 Å². The van der Waals surface area contributed by atoms with Gasteiger partial charge in [0.15, 0.2) is 5.78 Å². The van der Waals surface area contributed by atoms with Gasteiger partial charge in [0.05, 0.1) is 0 Å². The summed E-state index contributed by atoms with van der Waals surface area (Å²) in [4.78, 5) is 21.9. The Morgan fingerprint density at radius 3 is 2.17 bits per heavy atom. The van der Waals surface area contributed by atoms with Crippen molar-refractivity contribution in [3.8, 4) is 0 Å². The van der Waals surface area contributed by atoms with Crippen molar-refractivity contribution in [1.29, 1.82) is 0 Å². The molecule has 23 heavy (non-hydrogen) atoms. The van der Waals surface area contributed by atoms with Gasteiger partial charge >= 0.3 is 5.97 Å². The van der Waals surface area contributed by atoms with Crippen molar-refractivity contribution < 1.29 is 14.7 Å². The van der Waals surface area contributed by atoms with E-state index in [1.165, 1.54) is 25.7 Å². The van der Waals surface area contributed by atoms with Crippen LogP contribution in [0.3, 0.4) is 0 Å². The molecular weight excluding hydrogens is 288 g/mol. The summed E-state index contributed by atoms with van der Waals surface area (Å²) in [7, 11) is 0. The Labute approximate surface area is 141 Å². The summed E-state index contributed by atoms with van der Waals surface area (Å²) in [5, 5.41) is 8.49. The van der Waals surface area contributed by atoms with E-state index in [0.29, 0.717) is 12.8 Å². The van der Waals surface area contributed by atoms with Crippen LogP contribution in [0.1, 0.15) is 77.6 Å². The minimum Gasteiger partial charge on any atom is -0.481 e. The first kappa shape index (κ1) is 21.4. The van der Waals surface area contributed by atoms with Crippen LogP contribution < -0.4 is 0 Å². The molecule has 0 saturated heterocycles. The summed E-state index contributed by atoms with van der Waals surface area (Å²) >= 11 is 0. The molecule has 130 valence electrons. The number of aliphatic carboxylic acids is 1. The van der Waals surface area contributed by atoms with Crippen LogP contribution in [0.5, 0.6) is 0 Å². The summed E-state index contributed by atoms with van der Waals surface area (Å²) in [6, 6.07) is 0. The van der Waals surface area contributed by atoms with E-state index in [1.54, 1.807) is 6.08 Å². The number of allylic oxidation sites excluding steroid dienone is 6. The molecule has 0 aliphatic carbocycles. The lowest BCUT2D eigenvalue weighted by Gasteiger charge is -1.94. The SMILES string of the molecule is CCCCCCC=CC(=O)CCC=CCC=CCCCC(=O)O. The summed E-state index contributed by atoms with van der Waals surface area (Å²) in [6.07, 6.45) is 21.7. The van der Waals surface area contributed by atoms with E-state index in [4.69, 9.17) is 5.11 Å². The maximum atomic E-state index is 11.6. The minimum atomic E-state index is -0.738. The van der Waals surface area contributed by atoms with Crippen molar-refractivity contribution in [3.05, 3.63) is 36.5 Å². The van der Waals surface area contributed by atoms with Gasteiger partial charge in [0, 0.05) is 12.8 Å². The van der Waals surface area contributed by atoms with E-state index in [1.807, 2.05) is 24.3 Å². The van der Waals surface area contributed by atoms with Crippen LogP contribution in [-0.4, -0.2) is 16.9 Å². The molecule has 0 rings (SSSR count). The molecule has 3 heteroatoms. The molecule has 0 bridgehead atoms. The Balaban J connectivity index is 3.50. The Morgan fingerprint density at radius 1 is 0.783 bits per heavy atom. The number of carbonyl (C=O) groups excluding carboxylic acids is 1. The Bertz CT molecular complexity index is 392. The van der Waals surface area contributed by atoms with Crippen molar-refractivity contribution >= 4 is 11.8 Å². The van der Waals surface area contributed by atoms with E-state index in [9.17, 15) is 9.59 Å². The van der Waals surface area contributed by atoms with Gasteiger partial charge in [-0.2, -0.15) is 0 Å². The van der Waals surface area contributed by atoms with Gasteiger partial charge in [0.1, 0.15) is 0 Å². The predicted octanol–water partition coefficient (Wildman–Crippen LogP) is 5.62. The monoisotopic (exact) mass is 320 g/mol. The molecule has 0 fully saturated rings. The molecule has 0 aromatic rings. The van der Waals surface area contributed by atoms with E-state index in [-0.39, 0.29) is 12.2 Å². The van der Waals surface area contributed by atoms with Gasteiger partial charge in [0.25, 0.3) is 0 Å². The van der Waals surface area contributed by atoms with E-state index in [2.05, 4.69) is 13.0 Å². The smallest absolute Gasteiger partial charge is 0.303 e. The first-order valence-corrected chi connectivity index (χ1v) is 8.88. The molecule has 0 spiro atoms. The third kappa shape index (κ3) is 18.3. The van der Waals surface area contributed by atoms with Crippen LogP contribution in [0.4, 0.5) is 0 Å². The largest absolute Gasteiger partial charge is 0.481 e. The number of rotatable bonds is 15. The fraction of sp³-hybridized carbons (Fsp3) is 0.600. The van der Waals surface area contributed by atoms with Crippen LogP contribution in [0, 0.1) is 0 Å². The van der Waals surface area contributed by atoms with E-state index >= 15 is 0 Å². The fourth-order valence-electron chi connectivity index (χ4n) is 2.09. The van der Waals surface area contributed by atoms with Crippen LogP contribution in [0.15, 0.2) is 36.5 Å². The fourth-order valence-corrected chi connectivity index (χ4v) is 2.09. The molecule has 0 aliphatic rings. The summed E-state index contributed by atoms with van der Waals surface area (Å²) in [6.45, 7) is 2.20. The normalized spacial score (nSPS) is 11.9. The van der Waals surface area contributed by atoms with Gasteiger partial charge in [-0.1, -0.05) is 56.6 Å². The quantitative estimate of drug-likeness (QED) is 0.242. The zero-order chi connectivity index (χ0) is 17.2. The van der Waals surface area contributed by atoms with Crippen molar-refractivity contribution in [3.63, 3.8) is 0 Å². The Kier molecular flexibility index (Phi) is 15.5. The molecule has 3 nitrogen and oxygen atoms in total. The third-order valence-corrected chi connectivity index (χ3v) is 3.45. The lowest BCUT2D eigenvalue weighted by Crippen LogP contribution is -1.92. The molecule has 0 aromatic carbocycles. The molecule has 0 radical (unpaired) electrons. The zero-order valence-electron chi connectivity index (χ0n) is 14.5. The average Bonchev–Trinajstić information content (AvgIpc) is 2.52. The standard InChI is InChI=1S/C20H32O3/c1-2-3-4-5-10-13-16-19(21)17-14-11-8-6-7-9-12-15-18-20(22)23/h7-9,11,13,16H,2-6,10,12,14-15,17-18H2,1H3,(H,22,23). The first-order chi connectivity index (χ1) is 11.2. The van der Waals surface area contributed by atoms with E-state index < -0.39 is 5.97 Å². The molecule has 0 aliphatic heterocycles. The van der Waals surface area contributed by atoms with Crippen LogP contribution in [0.25, 0.3) is 0 Å². The lowest BCUT2D eigenvalue weighted by atomic mass is 10.1. The summed E-state index contributed by atoms with van der Waals surface area (Å²) < 4.78 is 0. The van der Waals surface area contributed by atoms with Gasteiger partial charge in [0.2, 0.25) is 0 Å². The van der Waals surface area contributed by atoms with Gasteiger partial charge in [-0.25, -0.2) is 0 Å². The van der Waals surface area contributed by atoms with Gasteiger partial charge < -0.3 is 5.11 Å². The number of carbonyl (C=O) groups is 2. The van der Waals surface area contributed by atoms with Crippen LogP contribution in [0.2, 0.25) is 0 Å². The minimum absolute atomic E-state index is 0.203. The van der Waals surface area contributed by atoms with Gasteiger partial charge in [-0.15, -0.1) is 0 Å². The predicted molar refractivity (Wildman–Crippen MR) is 96.5 cm³/mol. The molecule has 0 atom stereocenters. The van der Waals surface area contributed by atoms with Crippen molar-refractivity contribution in [1.82, 2.24) is 0 Å². The highest BCUT2D eigenvalue weighted by molar-refractivity contribution is 5.89. The molecule has 1 N–H and O–H groups in total. The van der Waals surface area contributed by atoms with Crippen molar-refractivity contribution in [2.45, 2.75) is 77.6 Å². The number of hydrogen-bond donors (Lipinski definition) is 1. The Hall–Kier alpha value is -1.64. The number of ketones is 1. The molecule has 0 amide bonds. The van der Waals surface area contributed by atoms with Gasteiger partial charge in [-0.05, 0) is 44.6 Å². The summed E-state index contributed by atoms with van der Waals surface area (Å²) in [5.74, 6) is -0.535. The van der Waals surface area contributed by atoms with Gasteiger partial charge in [-0.3, -0.25) is 9.59 Å². The average molecular weight is 320 g/mol. The molecule has 0 unspecified atom stereocenters. The molecule has 0 aromatic heterocycles. The van der Waals surface area contributed by atoms with Crippen molar-refractivity contribution in [2.75, 3.05) is 0 Å². The third-order valence-electron chi connectivity index (χ3n) is 3.45. The highest BCUT2D eigenvalue weighted by atomic mass is 16.4. The second-order valence-corrected chi connectivity index (χ2v) is 5.72. The summed E-state index contributed by atoms with van der Waals surface area (Å²) in [5.41, 5.74) is 0. The number of unbranched alkanes of at least 4 members (excludes halogenated alkanes) is 5. The number of carboxylic acid groups (broad SMARTS) is 1. The maximum Gasteiger partial charge on any atom is 0.303 e.